The van der Waals surface area contributed by atoms with Crippen molar-refractivity contribution in [3.63, 3.8) is 0 Å². The normalized spacial score (nSPS) is 25.3. The van der Waals surface area contributed by atoms with E-state index in [1.807, 2.05) is 13.0 Å². The summed E-state index contributed by atoms with van der Waals surface area (Å²) >= 11 is 6.44. The average molecular weight is 606 g/mol. The van der Waals surface area contributed by atoms with Gasteiger partial charge in [-0.2, -0.15) is 23.0 Å². The molecule has 12 heteroatoms. The summed E-state index contributed by atoms with van der Waals surface area (Å²) in [5, 5.41) is 23.8. The zero-order chi connectivity index (χ0) is 30.1. The lowest BCUT2D eigenvalue weighted by atomic mass is 9.78. The van der Waals surface area contributed by atoms with E-state index < -0.39 is 41.4 Å². The molecule has 42 heavy (non-hydrogen) atoms. The highest BCUT2D eigenvalue weighted by atomic mass is 35.5. The molecule has 8 nitrogen and oxygen atoms in total. The number of rotatable bonds is 5. The Morgan fingerprint density at radius 1 is 1.12 bits per heavy atom. The number of aromatic nitrogens is 2. The first-order valence-electron chi connectivity index (χ1n) is 14.2. The number of carbonyl (C=O) groups is 3. The van der Waals surface area contributed by atoms with Crippen molar-refractivity contribution in [2.24, 2.45) is 17.8 Å². The third-order valence-corrected chi connectivity index (χ3v) is 9.78. The highest BCUT2D eigenvalue weighted by Gasteiger charge is 2.65. The minimum Gasteiger partial charge on any atom is -0.481 e. The van der Waals surface area contributed by atoms with Crippen LogP contribution in [0.5, 0.6) is 0 Å². The van der Waals surface area contributed by atoms with Crippen molar-refractivity contribution in [3.05, 3.63) is 57.4 Å². The van der Waals surface area contributed by atoms with Gasteiger partial charge >= 0.3 is 12.1 Å². The van der Waals surface area contributed by atoms with E-state index in [0.29, 0.717) is 37.1 Å². The van der Waals surface area contributed by atoms with E-state index in [-0.39, 0.29) is 60.3 Å². The Bertz CT molecular complexity index is 1510. The Kier molecular flexibility index (Phi) is 7.04. The van der Waals surface area contributed by atoms with Gasteiger partial charge in [0.05, 0.1) is 39.4 Å². The van der Waals surface area contributed by atoms with Crippen LogP contribution in [0.15, 0.2) is 24.3 Å². The summed E-state index contributed by atoms with van der Waals surface area (Å²) in [6.45, 7) is 2.29. The molecule has 1 aromatic carbocycles. The molecule has 2 aromatic rings. The monoisotopic (exact) mass is 605 g/mol. The molecule has 1 saturated heterocycles. The van der Waals surface area contributed by atoms with Gasteiger partial charge in [-0.05, 0) is 61.6 Å². The predicted molar refractivity (Wildman–Crippen MR) is 146 cm³/mol. The first-order valence-corrected chi connectivity index (χ1v) is 14.6. The summed E-state index contributed by atoms with van der Waals surface area (Å²) in [6.07, 6.45) is -1.71. The van der Waals surface area contributed by atoms with Crippen LogP contribution in [-0.4, -0.2) is 68.0 Å². The van der Waals surface area contributed by atoms with Crippen molar-refractivity contribution in [3.8, 4) is 0 Å². The number of carboxylic acids is 1. The second-order valence-corrected chi connectivity index (χ2v) is 12.5. The van der Waals surface area contributed by atoms with Gasteiger partial charge in [0.2, 0.25) is 5.91 Å². The molecule has 2 heterocycles. The molecule has 3 aliphatic carbocycles. The number of fused-ring (bicyclic) bond motifs is 1. The van der Waals surface area contributed by atoms with E-state index >= 15 is 0 Å². The van der Waals surface area contributed by atoms with Crippen LogP contribution in [0.1, 0.15) is 71.9 Å². The molecule has 1 saturated carbocycles. The van der Waals surface area contributed by atoms with Crippen LogP contribution in [-0.2, 0) is 27.8 Å². The molecule has 0 radical (unpaired) electrons. The summed E-state index contributed by atoms with van der Waals surface area (Å²) in [6, 6.07) is 4.10. The second-order valence-electron chi connectivity index (χ2n) is 12.1. The predicted octanol–water partition coefficient (Wildman–Crippen LogP) is 4.64. The molecule has 224 valence electrons. The Morgan fingerprint density at radius 3 is 2.43 bits per heavy atom. The standard InChI is InChI=1S/C30H31ClF3N3O5/c1-15-11-16(5-7-19(15)28(41)42)25-20-8-6-17(26(39)36-13-18(38)14-36)12-23(20)37(35-25)27(40)24-21(3-2-4-22(24)31)29(9-10-29)30(32,33)34/h2-4,11,15,17-19,38H,5-10,12-14H2,1H3,(H,41,42)/t15-,17?,19?/m0/s1. The van der Waals surface area contributed by atoms with E-state index in [9.17, 15) is 37.8 Å². The van der Waals surface area contributed by atoms with Crippen molar-refractivity contribution in [2.45, 2.75) is 69.6 Å². The van der Waals surface area contributed by atoms with E-state index in [0.717, 1.165) is 15.8 Å². The van der Waals surface area contributed by atoms with Gasteiger partial charge < -0.3 is 15.1 Å². The minimum absolute atomic E-state index is 0.105. The maximum atomic E-state index is 14.2. The van der Waals surface area contributed by atoms with Crippen LogP contribution >= 0.6 is 11.6 Å². The third kappa shape index (κ3) is 4.65. The smallest absolute Gasteiger partial charge is 0.398 e. The number of aliphatic carboxylic acids is 1. The summed E-state index contributed by atoms with van der Waals surface area (Å²) in [5.74, 6) is -3.13. The SMILES string of the molecule is C[C@H]1C=C(c2nn(C(=O)c3c(Cl)cccc3C3(C(F)(F)F)CC3)c3c2CCC(C(=O)N2CC(O)C2)C3)CCC1C(=O)O. The van der Waals surface area contributed by atoms with E-state index in [1.165, 1.54) is 18.2 Å². The van der Waals surface area contributed by atoms with Crippen LogP contribution in [0.4, 0.5) is 13.2 Å². The number of allylic oxidation sites excluding steroid dienone is 2. The lowest BCUT2D eigenvalue weighted by Crippen LogP contribution is -2.55. The lowest BCUT2D eigenvalue weighted by Gasteiger charge is -2.39. The van der Waals surface area contributed by atoms with Crippen molar-refractivity contribution < 1.29 is 37.8 Å². The topological polar surface area (TPSA) is 113 Å². The summed E-state index contributed by atoms with van der Waals surface area (Å²) < 4.78 is 43.7. The molecule has 2 fully saturated rings. The Balaban J connectivity index is 1.44. The number of halogens is 4. The maximum absolute atomic E-state index is 14.2. The molecule has 4 aliphatic rings. The number of amides is 1. The second kappa shape index (κ2) is 10.2. The van der Waals surface area contributed by atoms with Crippen LogP contribution in [0.3, 0.4) is 0 Å². The Labute approximate surface area is 245 Å². The van der Waals surface area contributed by atoms with Crippen molar-refractivity contribution in [2.75, 3.05) is 13.1 Å². The van der Waals surface area contributed by atoms with Crippen molar-refractivity contribution >= 4 is 35.0 Å². The van der Waals surface area contributed by atoms with Gasteiger partial charge in [-0.1, -0.05) is 36.7 Å². The van der Waals surface area contributed by atoms with E-state index in [2.05, 4.69) is 5.10 Å². The first kappa shape index (κ1) is 28.9. The van der Waals surface area contributed by atoms with Gasteiger partial charge in [0, 0.05) is 31.0 Å². The van der Waals surface area contributed by atoms with Gasteiger partial charge in [-0.3, -0.25) is 14.4 Å². The Hall–Kier alpha value is -3.18. The van der Waals surface area contributed by atoms with Crippen LogP contribution < -0.4 is 0 Å². The zero-order valence-electron chi connectivity index (χ0n) is 23.0. The number of carboxylic acid groups (broad SMARTS) is 1. The molecule has 3 atom stereocenters. The van der Waals surface area contributed by atoms with Crippen LogP contribution in [0.2, 0.25) is 5.02 Å². The fourth-order valence-electron chi connectivity index (χ4n) is 6.86. The van der Waals surface area contributed by atoms with Crippen LogP contribution in [0.25, 0.3) is 5.57 Å². The van der Waals surface area contributed by atoms with Crippen LogP contribution in [0, 0.1) is 17.8 Å². The summed E-state index contributed by atoms with van der Waals surface area (Å²) in [7, 11) is 0. The minimum atomic E-state index is -4.57. The fraction of sp³-hybridized carbons (Fsp3) is 0.533. The van der Waals surface area contributed by atoms with Gasteiger partial charge in [0.25, 0.3) is 5.91 Å². The van der Waals surface area contributed by atoms with Gasteiger partial charge in [0.1, 0.15) is 0 Å². The fourth-order valence-corrected chi connectivity index (χ4v) is 7.11. The molecular formula is C30H31ClF3N3O5. The zero-order valence-corrected chi connectivity index (χ0v) is 23.7. The molecule has 1 amide bonds. The number of aliphatic hydroxyl groups excluding tert-OH is 1. The molecule has 2 N–H and O–H groups in total. The molecule has 1 aromatic heterocycles. The number of β-amino-alcohol motifs (C(OH)–C–C–N with tert-alkyl or cyclic N) is 1. The molecule has 0 spiro atoms. The molecule has 2 unspecified atom stereocenters. The number of alkyl halides is 3. The highest BCUT2D eigenvalue weighted by molar-refractivity contribution is 6.34. The van der Waals surface area contributed by atoms with Gasteiger partial charge in [-0.25, -0.2) is 0 Å². The maximum Gasteiger partial charge on any atom is 0.398 e. The summed E-state index contributed by atoms with van der Waals surface area (Å²) in [5.41, 5.74) is -0.0702. The number of hydrogen-bond acceptors (Lipinski definition) is 5. The number of nitrogens with zero attached hydrogens (tertiary/aromatic N) is 3. The highest BCUT2D eigenvalue weighted by Crippen LogP contribution is 2.60. The molecule has 1 aliphatic heterocycles. The lowest BCUT2D eigenvalue weighted by molar-refractivity contribution is -0.160. The largest absolute Gasteiger partial charge is 0.481 e. The number of aliphatic hydroxyl groups is 1. The third-order valence-electron chi connectivity index (χ3n) is 9.47. The number of benzene rings is 1. The molecular weight excluding hydrogens is 575 g/mol. The van der Waals surface area contributed by atoms with Crippen molar-refractivity contribution in [1.82, 2.24) is 14.7 Å². The average Bonchev–Trinajstić information content (AvgIpc) is 3.66. The Morgan fingerprint density at radius 2 is 1.83 bits per heavy atom. The van der Waals surface area contributed by atoms with Gasteiger partial charge in [0.15, 0.2) is 0 Å². The molecule has 6 rings (SSSR count). The first-order chi connectivity index (χ1) is 19.8. The van der Waals surface area contributed by atoms with E-state index in [4.69, 9.17) is 11.6 Å². The number of likely N-dealkylation sites (tertiary alicyclic amines) is 1. The van der Waals surface area contributed by atoms with Gasteiger partial charge in [-0.15, -0.1) is 0 Å². The summed E-state index contributed by atoms with van der Waals surface area (Å²) in [4.78, 5) is 40.6. The van der Waals surface area contributed by atoms with Crippen molar-refractivity contribution in [1.29, 1.82) is 0 Å². The van der Waals surface area contributed by atoms with E-state index in [1.54, 1.807) is 4.90 Å². The molecule has 0 bridgehead atoms. The number of carbonyl (C=O) groups excluding carboxylic acids is 2. The number of hydrogen-bond donors (Lipinski definition) is 2. The quantitative estimate of drug-likeness (QED) is 0.514.